The molecule has 0 radical (unpaired) electrons. The van der Waals surface area contributed by atoms with Gasteiger partial charge in [0.15, 0.2) is 0 Å². The van der Waals surface area contributed by atoms with Crippen molar-refractivity contribution in [1.82, 2.24) is 0 Å². The van der Waals surface area contributed by atoms with E-state index in [4.69, 9.17) is 0 Å². The molecule has 3 nitrogen and oxygen atoms in total. The topological polar surface area (TPSA) is 49.1 Å². The molecule has 0 saturated carbocycles. The fraction of sp³-hybridized carbons (Fsp3) is 0.286. The smallest absolute Gasteiger partial charge is 0.222 e. The Bertz CT molecular complexity index is 196. The number of hydrogen-bond acceptors (Lipinski definition) is 2. The lowest BCUT2D eigenvalue weighted by Gasteiger charge is -2.08. The van der Waals surface area contributed by atoms with Crippen LogP contribution in [0.15, 0.2) is 24.3 Å². The minimum Gasteiger partial charge on any atom is -0.612 e. The number of rotatable bonds is 0. The van der Waals surface area contributed by atoms with Crippen LogP contribution in [-0.4, -0.2) is 10.6 Å². The molecule has 0 unspecified atom stereocenters. The number of allylic oxidation sites excluding steroid dienone is 4. The standard InChI is InChI=1S/C7H8NO2/c1-6-2-4-7(5-3-6)8(9)10/h2-6H,1H3/q-1. The molecule has 1 rings (SSSR count). The minimum absolute atomic E-state index is 0.165. The highest BCUT2D eigenvalue weighted by Gasteiger charge is 2.02. The molecule has 0 amide bonds. The molecular formula is C7H8NO2-. The summed E-state index contributed by atoms with van der Waals surface area (Å²) in [4.78, 5) is -0.390. The first-order chi connectivity index (χ1) is 4.70. The Morgan fingerprint density at radius 3 is 2.20 bits per heavy atom. The van der Waals surface area contributed by atoms with Gasteiger partial charge >= 0.3 is 0 Å². The summed E-state index contributed by atoms with van der Waals surface area (Å²) in [6.07, 6.45) is 6.67. The molecule has 0 aromatic heterocycles. The van der Waals surface area contributed by atoms with Crippen molar-refractivity contribution in [2.45, 2.75) is 6.92 Å². The Balaban J connectivity index is 2.81. The van der Waals surface area contributed by atoms with Crippen LogP contribution in [0.3, 0.4) is 0 Å². The monoisotopic (exact) mass is 138 g/mol. The van der Waals surface area contributed by atoms with E-state index in [1.165, 1.54) is 12.2 Å². The molecule has 0 fully saturated rings. The van der Waals surface area contributed by atoms with E-state index in [0.29, 0.717) is 5.92 Å². The van der Waals surface area contributed by atoms with Gasteiger partial charge < -0.3 is 10.4 Å². The maximum Gasteiger partial charge on any atom is 0.222 e. The summed E-state index contributed by atoms with van der Waals surface area (Å²) in [7, 11) is 0. The van der Waals surface area contributed by atoms with E-state index in [-0.39, 0.29) is 5.71 Å². The van der Waals surface area contributed by atoms with E-state index < -0.39 is 4.90 Å². The second-order valence-corrected chi connectivity index (χ2v) is 2.26. The zero-order chi connectivity index (χ0) is 7.56. The Hall–Kier alpha value is -1.25. The van der Waals surface area contributed by atoms with Crippen LogP contribution >= 0.6 is 0 Å². The van der Waals surface area contributed by atoms with E-state index in [2.05, 4.69) is 0 Å². The molecule has 1 aliphatic rings. The Labute approximate surface area is 59.1 Å². The average molecular weight is 138 g/mol. The normalized spacial score (nSPS) is 23.3. The van der Waals surface area contributed by atoms with Crippen LogP contribution in [0.1, 0.15) is 6.92 Å². The third kappa shape index (κ3) is 1.37. The van der Waals surface area contributed by atoms with Gasteiger partial charge in [0.2, 0.25) is 5.71 Å². The summed E-state index contributed by atoms with van der Waals surface area (Å²) >= 11 is 0. The first-order valence-electron chi connectivity index (χ1n) is 3.08. The third-order valence-electron chi connectivity index (χ3n) is 1.35. The van der Waals surface area contributed by atoms with Crippen molar-refractivity contribution in [1.29, 1.82) is 0 Å². The van der Waals surface area contributed by atoms with Crippen molar-refractivity contribution in [2.75, 3.05) is 0 Å². The van der Waals surface area contributed by atoms with Crippen molar-refractivity contribution in [3.8, 4) is 0 Å². The summed E-state index contributed by atoms with van der Waals surface area (Å²) in [6.45, 7) is 1.98. The van der Waals surface area contributed by atoms with Crippen LogP contribution in [0.4, 0.5) is 0 Å². The maximum atomic E-state index is 10.1. The zero-order valence-corrected chi connectivity index (χ0v) is 5.65. The largest absolute Gasteiger partial charge is 0.612 e. The van der Waals surface area contributed by atoms with Crippen molar-refractivity contribution in [3.63, 3.8) is 0 Å². The van der Waals surface area contributed by atoms with Gasteiger partial charge in [0.25, 0.3) is 0 Å². The summed E-state index contributed by atoms with van der Waals surface area (Å²) in [6, 6.07) is 0. The fourth-order valence-electron chi connectivity index (χ4n) is 0.742. The van der Waals surface area contributed by atoms with Gasteiger partial charge in [-0.15, -0.1) is 0 Å². The Kier molecular flexibility index (Phi) is 1.76. The van der Waals surface area contributed by atoms with Crippen LogP contribution < -0.4 is 0 Å². The van der Waals surface area contributed by atoms with Gasteiger partial charge in [0, 0.05) is 12.2 Å². The van der Waals surface area contributed by atoms with Crippen LogP contribution in [0.25, 0.3) is 0 Å². The van der Waals surface area contributed by atoms with Gasteiger partial charge in [-0.05, 0) is 5.92 Å². The maximum absolute atomic E-state index is 10.1. The van der Waals surface area contributed by atoms with E-state index in [0.717, 1.165) is 0 Å². The quantitative estimate of drug-likeness (QED) is 0.373. The number of hydrogen-bond donors (Lipinski definition) is 0. The Morgan fingerprint density at radius 1 is 1.30 bits per heavy atom. The lowest BCUT2D eigenvalue weighted by molar-refractivity contribution is -0.377. The van der Waals surface area contributed by atoms with Crippen molar-refractivity contribution >= 4 is 5.71 Å². The average Bonchev–Trinajstić information content (AvgIpc) is 1.88. The highest BCUT2D eigenvalue weighted by atomic mass is 16.8. The highest BCUT2D eigenvalue weighted by molar-refractivity contribution is 6.01. The van der Waals surface area contributed by atoms with Crippen LogP contribution in [0.5, 0.6) is 0 Å². The molecule has 0 spiro atoms. The SMILES string of the molecule is CC1C=CC(=[N+]([O-])[O-])C=C1. The van der Waals surface area contributed by atoms with Gasteiger partial charge in [-0.3, -0.25) is 0 Å². The summed E-state index contributed by atoms with van der Waals surface area (Å²) < 4.78 is 0. The highest BCUT2D eigenvalue weighted by Crippen LogP contribution is 2.05. The van der Waals surface area contributed by atoms with Gasteiger partial charge in [-0.2, -0.15) is 4.90 Å². The molecule has 0 bridgehead atoms. The van der Waals surface area contributed by atoms with E-state index in [9.17, 15) is 10.4 Å². The van der Waals surface area contributed by atoms with Crippen molar-refractivity contribution < 1.29 is 4.90 Å². The van der Waals surface area contributed by atoms with Crippen molar-refractivity contribution in [3.05, 3.63) is 34.7 Å². The van der Waals surface area contributed by atoms with Gasteiger partial charge in [0.05, 0.1) is 0 Å². The summed E-state index contributed by atoms with van der Waals surface area (Å²) in [5, 5.41) is 20.3. The first kappa shape index (κ1) is 6.86. The molecule has 54 valence electrons. The zero-order valence-electron chi connectivity index (χ0n) is 5.65. The molecule has 0 aromatic carbocycles. The minimum atomic E-state index is -0.390. The van der Waals surface area contributed by atoms with Crippen LogP contribution in [0.2, 0.25) is 0 Å². The van der Waals surface area contributed by atoms with Gasteiger partial charge in [-0.25, -0.2) is 0 Å². The predicted molar refractivity (Wildman–Crippen MR) is 39.4 cm³/mol. The van der Waals surface area contributed by atoms with Gasteiger partial charge in [-0.1, -0.05) is 19.1 Å². The molecule has 1 aliphatic carbocycles. The van der Waals surface area contributed by atoms with Crippen LogP contribution in [-0.2, 0) is 0 Å². The number of nitrogens with zero attached hydrogens (tertiary/aromatic N) is 1. The fourth-order valence-corrected chi connectivity index (χ4v) is 0.742. The lowest BCUT2D eigenvalue weighted by atomic mass is 10.1. The van der Waals surface area contributed by atoms with Gasteiger partial charge in [0.1, 0.15) is 0 Å². The molecule has 0 heterocycles. The lowest BCUT2D eigenvalue weighted by Crippen LogP contribution is -2.07. The molecule has 0 aromatic rings. The Morgan fingerprint density at radius 2 is 1.80 bits per heavy atom. The van der Waals surface area contributed by atoms with E-state index >= 15 is 0 Å². The molecule has 0 atom stereocenters. The van der Waals surface area contributed by atoms with E-state index in [1.54, 1.807) is 12.2 Å². The second kappa shape index (κ2) is 2.56. The molecule has 0 saturated heterocycles. The molecular weight excluding hydrogens is 130 g/mol. The molecule has 3 heteroatoms. The van der Waals surface area contributed by atoms with E-state index in [1.807, 2.05) is 6.92 Å². The summed E-state index contributed by atoms with van der Waals surface area (Å²) in [5.74, 6) is 0.323. The second-order valence-electron chi connectivity index (χ2n) is 2.26. The van der Waals surface area contributed by atoms with Crippen LogP contribution in [0, 0.1) is 16.3 Å². The molecule has 0 aliphatic heterocycles. The van der Waals surface area contributed by atoms with Crippen molar-refractivity contribution in [2.24, 2.45) is 5.92 Å². The third-order valence-corrected chi connectivity index (χ3v) is 1.35. The molecule has 10 heavy (non-hydrogen) atoms. The molecule has 0 N–H and O–H groups in total. The summed E-state index contributed by atoms with van der Waals surface area (Å²) in [5.41, 5.74) is 0.165. The first-order valence-corrected chi connectivity index (χ1v) is 3.08. The predicted octanol–water partition coefficient (Wildman–Crippen LogP) is 1.20.